The number of unbranched alkanes of at least 4 members (excludes halogenated alkanes) is 1. The molecule has 0 aliphatic carbocycles. The standard InChI is InChI=1S/C18H30N2O4S/c1-5-8-12-19-18(21)20(15(4)6-2)14-16-10-9-11-17(13-16)24-25(22,23)7-3/h9-11,13,15H,5-8,12,14H2,1-4H3,(H,19,21)/t15-/m0/s1. The Morgan fingerprint density at radius 2 is 2.00 bits per heavy atom. The lowest BCUT2D eigenvalue weighted by molar-refractivity contribution is 0.173. The fourth-order valence-electron chi connectivity index (χ4n) is 2.22. The second-order valence-corrected chi connectivity index (χ2v) is 7.91. The van der Waals surface area contributed by atoms with Crippen molar-refractivity contribution in [1.29, 1.82) is 0 Å². The van der Waals surface area contributed by atoms with Crippen LogP contribution in [0.4, 0.5) is 4.79 Å². The molecule has 0 saturated heterocycles. The summed E-state index contributed by atoms with van der Waals surface area (Å²) >= 11 is 0. The van der Waals surface area contributed by atoms with Gasteiger partial charge < -0.3 is 14.4 Å². The monoisotopic (exact) mass is 370 g/mol. The number of hydrogen-bond acceptors (Lipinski definition) is 4. The van der Waals surface area contributed by atoms with E-state index in [4.69, 9.17) is 4.18 Å². The molecule has 25 heavy (non-hydrogen) atoms. The van der Waals surface area contributed by atoms with Crippen molar-refractivity contribution in [3.63, 3.8) is 0 Å². The fourth-order valence-corrected chi connectivity index (χ4v) is 2.73. The van der Waals surface area contributed by atoms with Gasteiger partial charge in [0, 0.05) is 19.1 Å². The summed E-state index contributed by atoms with van der Waals surface area (Å²) in [4.78, 5) is 14.2. The molecule has 1 aromatic carbocycles. The zero-order valence-electron chi connectivity index (χ0n) is 15.6. The molecule has 1 aromatic rings. The van der Waals surface area contributed by atoms with Crippen LogP contribution in [0.3, 0.4) is 0 Å². The first-order valence-electron chi connectivity index (χ1n) is 8.88. The molecule has 0 fully saturated rings. The number of rotatable bonds is 10. The maximum Gasteiger partial charge on any atom is 0.317 e. The normalized spacial score (nSPS) is 12.5. The van der Waals surface area contributed by atoms with E-state index in [9.17, 15) is 13.2 Å². The van der Waals surface area contributed by atoms with Gasteiger partial charge in [0.25, 0.3) is 0 Å². The van der Waals surface area contributed by atoms with E-state index in [1.807, 2.05) is 19.9 Å². The van der Waals surface area contributed by atoms with Crippen LogP contribution >= 0.6 is 0 Å². The maximum atomic E-state index is 12.5. The quantitative estimate of drug-likeness (QED) is 0.505. The van der Waals surface area contributed by atoms with Crippen molar-refractivity contribution in [3.8, 4) is 5.75 Å². The summed E-state index contributed by atoms with van der Waals surface area (Å²) in [6.45, 7) is 8.70. The number of amides is 2. The third kappa shape index (κ3) is 7.34. The van der Waals surface area contributed by atoms with Gasteiger partial charge in [0.05, 0.1) is 5.75 Å². The molecule has 6 nitrogen and oxygen atoms in total. The fraction of sp³-hybridized carbons (Fsp3) is 0.611. The molecule has 0 aliphatic rings. The molecular formula is C18H30N2O4S. The van der Waals surface area contributed by atoms with Crippen LogP contribution in [0.1, 0.15) is 52.5 Å². The lowest BCUT2D eigenvalue weighted by Gasteiger charge is -2.29. The molecule has 0 aliphatic heterocycles. The van der Waals surface area contributed by atoms with Gasteiger partial charge >= 0.3 is 16.1 Å². The van der Waals surface area contributed by atoms with Crippen molar-refractivity contribution in [2.75, 3.05) is 12.3 Å². The first-order chi connectivity index (χ1) is 11.8. The number of nitrogens with zero attached hydrogens (tertiary/aromatic N) is 1. The maximum absolute atomic E-state index is 12.5. The molecule has 1 N–H and O–H groups in total. The molecule has 0 bridgehead atoms. The molecule has 7 heteroatoms. The third-order valence-electron chi connectivity index (χ3n) is 4.02. The van der Waals surface area contributed by atoms with Gasteiger partial charge in [-0.2, -0.15) is 8.42 Å². The summed E-state index contributed by atoms with van der Waals surface area (Å²) in [6.07, 6.45) is 2.80. The molecular weight excluding hydrogens is 340 g/mol. The highest BCUT2D eigenvalue weighted by molar-refractivity contribution is 7.87. The van der Waals surface area contributed by atoms with Gasteiger partial charge in [-0.3, -0.25) is 0 Å². The van der Waals surface area contributed by atoms with Crippen molar-refractivity contribution in [3.05, 3.63) is 29.8 Å². The van der Waals surface area contributed by atoms with E-state index in [2.05, 4.69) is 12.2 Å². The largest absolute Gasteiger partial charge is 0.382 e. The highest BCUT2D eigenvalue weighted by Crippen LogP contribution is 2.18. The minimum atomic E-state index is -3.56. The van der Waals surface area contributed by atoms with E-state index in [1.54, 1.807) is 23.1 Å². The molecule has 0 heterocycles. The lowest BCUT2D eigenvalue weighted by Crippen LogP contribution is -2.44. The van der Waals surface area contributed by atoms with Crippen LogP contribution in [0.5, 0.6) is 5.75 Å². The van der Waals surface area contributed by atoms with Gasteiger partial charge in [0.15, 0.2) is 0 Å². The second-order valence-electron chi connectivity index (χ2n) is 6.05. The van der Waals surface area contributed by atoms with Crippen LogP contribution in [-0.2, 0) is 16.7 Å². The van der Waals surface area contributed by atoms with E-state index in [0.717, 1.165) is 24.8 Å². The Kier molecular flexibility index (Phi) is 8.75. The number of carbonyl (C=O) groups excluding carboxylic acids is 1. The van der Waals surface area contributed by atoms with Crippen LogP contribution in [0.15, 0.2) is 24.3 Å². The average Bonchev–Trinajstić information content (AvgIpc) is 2.59. The number of urea groups is 1. The van der Waals surface area contributed by atoms with Gasteiger partial charge in [-0.25, -0.2) is 4.79 Å². The van der Waals surface area contributed by atoms with Gasteiger partial charge in [-0.15, -0.1) is 0 Å². The predicted molar refractivity (Wildman–Crippen MR) is 100 cm³/mol. The Hall–Kier alpha value is -1.76. The minimum Gasteiger partial charge on any atom is -0.382 e. The van der Waals surface area contributed by atoms with Crippen LogP contribution in [0, 0.1) is 0 Å². The second kappa shape index (κ2) is 10.3. The Morgan fingerprint density at radius 3 is 2.60 bits per heavy atom. The molecule has 0 saturated carbocycles. The molecule has 0 unspecified atom stereocenters. The number of hydrogen-bond donors (Lipinski definition) is 1. The summed E-state index contributed by atoms with van der Waals surface area (Å²) < 4.78 is 28.3. The van der Waals surface area contributed by atoms with Gasteiger partial charge in [0.1, 0.15) is 5.75 Å². The van der Waals surface area contributed by atoms with Crippen LogP contribution in [-0.4, -0.2) is 37.7 Å². The first-order valence-corrected chi connectivity index (χ1v) is 10.5. The van der Waals surface area contributed by atoms with Gasteiger partial charge in [0.2, 0.25) is 0 Å². The molecule has 1 rings (SSSR count). The number of carbonyl (C=O) groups is 1. The number of benzene rings is 1. The Morgan fingerprint density at radius 1 is 1.28 bits per heavy atom. The molecule has 0 spiro atoms. The Bertz CT molecular complexity index is 646. The van der Waals surface area contributed by atoms with Crippen molar-refractivity contribution >= 4 is 16.1 Å². The molecule has 0 radical (unpaired) electrons. The van der Waals surface area contributed by atoms with E-state index in [0.29, 0.717) is 13.1 Å². The Balaban J connectivity index is 2.88. The van der Waals surface area contributed by atoms with E-state index < -0.39 is 10.1 Å². The SMILES string of the molecule is CCCCNC(=O)N(Cc1cccc(OS(=O)(=O)CC)c1)[C@@H](C)CC. The minimum absolute atomic E-state index is 0.0746. The zero-order valence-corrected chi connectivity index (χ0v) is 16.4. The molecule has 142 valence electrons. The smallest absolute Gasteiger partial charge is 0.317 e. The summed E-state index contributed by atoms with van der Waals surface area (Å²) in [5.74, 6) is 0.186. The van der Waals surface area contributed by atoms with Crippen molar-refractivity contribution in [2.45, 2.75) is 59.5 Å². The van der Waals surface area contributed by atoms with Crippen molar-refractivity contribution in [1.82, 2.24) is 10.2 Å². The molecule has 1 atom stereocenters. The topological polar surface area (TPSA) is 75.7 Å². The van der Waals surface area contributed by atoms with E-state index in [1.165, 1.54) is 6.92 Å². The average molecular weight is 371 g/mol. The van der Waals surface area contributed by atoms with Crippen LogP contribution < -0.4 is 9.50 Å². The molecule has 0 aromatic heterocycles. The summed E-state index contributed by atoms with van der Waals surface area (Å²) in [5, 5.41) is 2.94. The number of nitrogens with one attached hydrogen (secondary N) is 1. The Labute approximate surface area is 151 Å². The summed E-state index contributed by atoms with van der Waals surface area (Å²) in [6, 6.07) is 6.84. The van der Waals surface area contributed by atoms with E-state index in [-0.39, 0.29) is 23.6 Å². The predicted octanol–water partition coefficient (Wildman–Crippen LogP) is 3.53. The first kappa shape index (κ1) is 21.3. The van der Waals surface area contributed by atoms with Crippen LogP contribution in [0.25, 0.3) is 0 Å². The lowest BCUT2D eigenvalue weighted by atomic mass is 10.1. The van der Waals surface area contributed by atoms with Crippen molar-refractivity contribution in [2.24, 2.45) is 0 Å². The van der Waals surface area contributed by atoms with Gasteiger partial charge in [-0.1, -0.05) is 32.4 Å². The summed E-state index contributed by atoms with van der Waals surface area (Å²) in [5.41, 5.74) is 0.828. The molecule has 2 amide bonds. The van der Waals surface area contributed by atoms with Crippen LogP contribution in [0.2, 0.25) is 0 Å². The highest BCUT2D eigenvalue weighted by Gasteiger charge is 2.19. The highest BCUT2D eigenvalue weighted by atomic mass is 32.2. The van der Waals surface area contributed by atoms with Gasteiger partial charge in [-0.05, 0) is 44.4 Å². The summed E-state index contributed by atoms with van der Waals surface area (Å²) in [7, 11) is -3.56. The zero-order chi connectivity index (χ0) is 18.9. The third-order valence-corrected chi connectivity index (χ3v) is 5.17. The van der Waals surface area contributed by atoms with E-state index >= 15 is 0 Å². The van der Waals surface area contributed by atoms with Crippen molar-refractivity contribution < 1.29 is 17.4 Å².